The van der Waals surface area contributed by atoms with Crippen LogP contribution in [0.1, 0.15) is 55.6 Å². The van der Waals surface area contributed by atoms with E-state index in [9.17, 15) is 22.0 Å². The highest BCUT2D eigenvalue weighted by molar-refractivity contribution is 5.66. The minimum Gasteiger partial charge on any atom is -0.490 e. The highest BCUT2D eigenvalue weighted by Crippen LogP contribution is 2.45. The quantitative estimate of drug-likeness (QED) is 0.204. The zero-order chi connectivity index (χ0) is 30.2. The predicted molar refractivity (Wildman–Crippen MR) is 133 cm³/mol. The van der Waals surface area contributed by atoms with E-state index in [0.717, 1.165) is 31.4 Å². The molecular weight excluding hydrogens is 572 g/mol. The maximum absolute atomic E-state index is 15.1. The lowest BCUT2D eigenvalue weighted by atomic mass is 10.1. The van der Waals surface area contributed by atoms with Crippen LogP contribution in [0.25, 0.3) is 22.9 Å². The minimum absolute atomic E-state index is 0.00385. The van der Waals surface area contributed by atoms with E-state index in [1.807, 2.05) is 0 Å². The van der Waals surface area contributed by atoms with Crippen molar-refractivity contribution in [3.8, 4) is 40.4 Å². The van der Waals surface area contributed by atoms with Crippen LogP contribution in [-0.4, -0.2) is 48.2 Å². The average molecular weight is 596 g/mol. The molecule has 4 aromatic heterocycles. The fourth-order valence-corrected chi connectivity index (χ4v) is 4.12. The number of hydrogen-bond donors (Lipinski definition) is 0. The molecule has 1 fully saturated rings. The van der Waals surface area contributed by atoms with Crippen LogP contribution in [0.3, 0.4) is 0 Å². The van der Waals surface area contributed by atoms with Crippen molar-refractivity contribution >= 4 is 0 Å². The molecule has 0 saturated heterocycles. The number of halogens is 6. The van der Waals surface area contributed by atoms with Gasteiger partial charge in [-0.25, -0.2) is 29.3 Å². The first kappa shape index (κ1) is 29.0. The van der Waals surface area contributed by atoms with Crippen LogP contribution in [0, 0.1) is 5.82 Å². The van der Waals surface area contributed by atoms with Crippen LogP contribution in [-0.2, 0) is 12.8 Å². The summed E-state index contributed by atoms with van der Waals surface area (Å²) in [6.07, 6.45) is 1.29. The Bertz CT molecular complexity index is 1590. The van der Waals surface area contributed by atoms with Crippen LogP contribution in [0.5, 0.6) is 17.5 Å². The molecule has 0 radical (unpaired) electrons. The summed E-state index contributed by atoms with van der Waals surface area (Å²) in [5.41, 5.74) is -0.785. The van der Waals surface area contributed by atoms with E-state index in [2.05, 4.69) is 34.6 Å². The minimum atomic E-state index is -4.72. The van der Waals surface area contributed by atoms with E-state index in [1.165, 1.54) is 24.1 Å². The Kier molecular flexibility index (Phi) is 7.88. The maximum Gasteiger partial charge on any atom is 0.434 e. The van der Waals surface area contributed by atoms with Gasteiger partial charge in [-0.15, -0.1) is 0 Å². The Morgan fingerprint density at radius 3 is 2.40 bits per heavy atom. The molecule has 0 atom stereocenters. The molecule has 0 spiro atoms. The number of alkyl halides is 5. The first-order chi connectivity index (χ1) is 20.0. The van der Waals surface area contributed by atoms with Crippen LogP contribution in [0.4, 0.5) is 26.3 Å². The largest absolute Gasteiger partial charge is 0.490 e. The van der Waals surface area contributed by atoms with E-state index >= 15 is 4.39 Å². The van der Waals surface area contributed by atoms with Gasteiger partial charge >= 0.3 is 12.8 Å². The molecule has 16 heteroatoms. The number of hydrogen-bond acceptors (Lipinski definition) is 9. The molecule has 0 aromatic carbocycles. The second kappa shape index (κ2) is 11.4. The average Bonchev–Trinajstić information content (AvgIpc) is 3.67. The van der Waals surface area contributed by atoms with Crippen LogP contribution in [0.15, 0.2) is 31.0 Å². The zero-order valence-corrected chi connectivity index (χ0v) is 22.4. The van der Waals surface area contributed by atoms with Crippen molar-refractivity contribution in [3.05, 3.63) is 53.8 Å². The fraction of sp³-hybridized carbons (Fsp3) is 0.385. The van der Waals surface area contributed by atoms with Gasteiger partial charge in [-0.05, 0) is 32.8 Å². The Balaban J connectivity index is 1.43. The summed E-state index contributed by atoms with van der Waals surface area (Å²) < 4.78 is 97.8. The van der Waals surface area contributed by atoms with Gasteiger partial charge in [0.1, 0.15) is 24.2 Å². The summed E-state index contributed by atoms with van der Waals surface area (Å²) in [5.74, 6) is -1.66. The van der Waals surface area contributed by atoms with E-state index in [0.29, 0.717) is 5.69 Å². The lowest BCUT2D eigenvalue weighted by Crippen LogP contribution is -2.09. The number of methoxy groups -OCH3 is 1. The number of aromatic nitrogens is 7. The van der Waals surface area contributed by atoms with Gasteiger partial charge in [-0.3, -0.25) is 0 Å². The molecular formula is C26H23F6N7O3. The Labute approximate surface area is 234 Å². The molecule has 10 nitrogen and oxygen atoms in total. The van der Waals surface area contributed by atoms with Gasteiger partial charge in [-0.2, -0.15) is 26.9 Å². The van der Waals surface area contributed by atoms with Gasteiger partial charge in [0.2, 0.25) is 5.88 Å². The molecule has 222 valence electrons. The number of rotatable bonds is 10. The van der Waals surface area contributed by atoms with Gasteiger partial charge in [-0.1, -0.05) is 0 Å². The van der Waals surface area contributed by atoms with Crippen LogP contribution >= 0.6 is 0 Å². The van der Waals surface area contributed by atoms with Crippen molar-refractivity contribution in [1.82, 2.24) is 34.5 Å². The molecule has 1 aliphatic rings. The monoisotopic (exact) mass is 595 g/mol. The smallest absolute Gasteiger partial charge is 0.434 e. The van der Waals surface area contributed by atoms with Crippen molar-refractivity contribution in [2.75, 3.05) is 7.11 Å². The van der Waals surface area contributed by atoms with Gasteiger partial charge in [0.05, 0.1) is 19.0 Å². The summed E-state index contributed by atoms with van der Waals surface area (Å²) in [6, 6.07) is 0.600. The van der Waals surface area contributed by atoms with E-state index < -0.39 is 36.2 Å². The fourth-order valence-electron chi connectivity index (χ4n) is 4.12. The van der Waals surface area contributed by atoms with Gasteiger partial charge in [0.25, 0.3) is 5.88 Å². The third-order valence-corrected chi connectivity index (χ3v) is 6.24. The van der Waals surface area contributed by atoms with Crippen molar-refractivity contribution in [3.63, 3.8) is 0 Å². The molecule has 0 unspecified atom stereocenters. The first-order valence-corrected chi connectivity index (χ1v) is 12.6. The standard InChI is InChI=1S/C26H23F6N7O3/c1-12(2)39-9-17(26(30,31)32)37-22(39)20-15(27)6-13(7-33-20)10-41-23-16(40-3)8-34-21(38-23)18-19(14-4-5-14)35-11-36-24(18)42-25(28)29/h6-9,11-12,14,25H,4-5,10H2,1-3H3. The van der Waals surface area contributed by atoms with Crippen LogP contribution in [0.2, 0.25) is 0 Å². The Hall–Kier alpha value is -4.50. The van der Waals surface area contributed by atoms with E-state index in [4.69, 9.17) is 9.47 Å². The second-order valence-electron chi connectivity index (χ2n) is 9.57. The Morgan fingerprint density at radius 2 is 1.79 bits per heavy atom. The topological polar surface area (TPSA) is 110 Å². The summed E-state index contributed by atoms with van der Waals surface area (Å²) in [6.45, 7) is -0.173. The normalized spacial score (nSPS) is 13.6. The van der Waals surface area contributed by atoms with Gasteiger partial charge in [0.15, 0.2) is 28.9 Å². The van der Waals surface area contributed by atoms with E-state index in [1.54, 1.807) is 13.8 Å². The summed E-state index contributed by atoms with van der Waals surface area (Å²) in [7, 11) is 1.33. The van der Waals surface area contributed by atoms with Crippen molar-refractivity contribution in [2.45, 2.75) is 58.0 Å². The molecule has 4 heterocycles. The highest BCUT2D eigenvalue weighted by Gasteiger charge is 2.36. The molecule has 0 aliphatic heterocycles. The SMILES string of the molecule is COc1cnc(-c2c(OC(F)F)ncnc2C2CC2)nc1OCc1cnc(-c2nc(C(F)(F)F)cn2C(C)C)c(F)c1. The number of pyridine rings is 1. The van der Waals surface area contributed by atoms with E-state index in [-0.39, 0.29) is 52.6 Å². The zero-order valence-electron chi connectivity index (χ0n) is 22.4. The van der Waals surface area contributed by atoms with Gasteiger partial charge in [0, 0.05) is 29.9 Å². The van der Waals surface area contributed by atoms with Crippen molar-refractivity contribution < 1.29 is 40.6 Å². The van der Waals surface area contributed by atoms with Gasteiger partial charge < -0.3 is 18.8 Å². The van der Waals surface area contributed by atoms with Crippen molar-refractivity contribution in [1.29, 1.82) is 0 Å². The van der Waals surface area contributed by atoms with Crippen LogP contribution < -0.4 is 14.2 Å². The molecule has 0 bridgehead atoms. The second-order valence-corrected chi connectivity index (χ2v) is 9.57. The first-order valence-electron chi connectivity index (χ1n) is 12.6. The number of ether oxygens (including phenoxy) is 3. The third-order valence-electron chi connectivity index (χ3n) is 6.24. The summed E-state index contributed by atoms with van der Waals surface area (Å²) >= 11 is 0. The lowest BCUT2D eigenvalue weighted by Gasteiger charge is -2.14. The summed E-state index contributed by atoms with van der Waals surface area (Å²) in [4.78, 5) is 24.1. The third kappa shape index (κ3) is 6.06. The molecule has 42 heavy (non-hydrogen) atoms. The number of imidazole rings is 1. The molecule has 0 amide bonds. The Morgan fingerprint density at radius 1 is 1.02 bits per heavy atom. The number of nitrogens with zero attached hydrogens (tertiary/aromatic N) is 7. The molecule has 1 saturated carbocycles. The molecule has 4 aromatic rings. The molecule has 5 rings (SSSR count). The predicted octanol–water partition coefficient (Wildman–Crippen LogP) is 6.00. The summed E-state index contributed by atoms with van der Waals surface area (Å²) in [5, 5.41) is 0. The van der Waals surface area contributed by atoms with Crippen molar-refractivity contribution in [2.24, 2.45) is 0 Å². The molecule has 1 aliphatic carbocycles. The molecule has 0 N–H and O–H groups in total. The lowest BCUT2D eigenvalue weighted by molar-refractivity contribution is -0.140. The highest BCUT2D eigenvalue weighted by atomic mass is 19.4. The maximum atomic E-state index is 15.1.